The average Bonchev–Trinajstić information content (AvgIpc) is 3.29. The van der Waals surface area contributed by atoms with Crippen LogP contribution in [0.3, 0.4) is 0 Å². The lowest BCUT2D eigenvalue weighted by Gasteiger charge is -2.24. The van der Waals surface area contributed by atoms with Crippen LogP contribution in [0.2, 0.25) is 5.02 Å². The Bertz CT molecular complexity index is 1040. The number of para-hydroxylation sites is 1. The van der Waals surface area contributed by atoms with Crippen LogP contribution in [-0.4, -0.2) is 16.8 Å². The molecule has 1 fully saturated rings. The first-order valence-electron chi connectivity index (χ1n) is 8.23. The second-order valence-electron chi connectivity index (χ2n) is 6.03. The Balaban J connectivity index is 1.94. The zero-order chi connectivity index (χ0) is 19.0. The van der Waals surface area contributed by atoms with E-state index in [1.54, 1.807) is 48.5 Å². The summed E-state index contributed by atoms with van der Waals surface area (Å²) in [5, 5.41) is 13.2. The lowest BCUT2D eigenvalue weighted by Crippen LogP contribution is -2.29. The first kappa shape index (κ1) is 17.5. The van der Waals surface area contributed by atoms with Gasteiger partial charge in [-0.15, -0.1) is 11.3 Å². The van der Waals surface area contributed by atoms with Crippen LogP contribution >= 0.6 is 22.9 Å². The number of anilines is 1. The van der Waals surface area contributed by atoms with Crippen LogP contribution in [0.25, 0.3) is 5.76 Å². The Kier molecular flexibility index (Phi) is 4.56. The molecule has 6 heteroatoms. The molecule has 2 heterocycles. The van der Waals surface area contributed by atoms with Crippen LogP contribution in [-0.2, 0) is 9.59 Å². The molecule has 1 saturated heterocycles. The summed E-state index contributed by atoms with van der Waals surface area (Å²) in [4.78, 5) is 27.9. The van der Waals surface area contributed by atoms with Gasteiger partial charge >= 0.3 is 0 Å². The summed E-state index contributed by atoms with van der Waals surface area (Å²) in [7, 11) is 0. The minimum atomic E-state index is -0.713. The summed E-state index contributed by atoms with van der Waals surface area (Å²) in [5.41, 5.74) is 1.06. The summed E-state index contributed by atoms with van der Waals surface area (Å²) < 4.78 is 0. The minimum absolute atomic E-state index is 0.0635. The third kappa shape index (κ3) is 3.05. The molecule has 1 aliphatic rings. The van der Waals surface area contributed by atoms with Crippen molar-refractivity contribution in [2.45, 2.75) is 6.04 Å². The van der Waals surface area contributed by atoms with Crippen molar-refractivity contribution >= 4 is 46.1 Å². The van der Waals surface area contributed by atoms with Gasteiger partial charge in [-0.1, -0.05) is 48.0 Å². The quantitative estimate of drug-likeness (QED) is 0.384. The molecular weight excluding hydrogens is 382 g/mol. The van der Waals surface area contributed by atoms with E-state index in [0.717, 1.165) is 4.88 Å². The number of thiophene rings is 1. The predicted molar refractivity (Wildman–Crippen MR) is 107 cm³/mol. The monoisotopic (exact) mass is 395 g/mol. The molecule has 1 amide bonds. The number of carbonyl (C=O) groups excluding carboxylic acids is 2. The fraction of sp³-hybridized carbons (Fsp3) is 0.0476. The summed E-state index contributed by atoms with van der Waals surface area (Å²) in [6.45, 7) is 0. The molecule has 134 valence electrons. The number of nitrogens with zero attached hydrogens (tertiary/aromatic N) is 1. The van der Waals surface area contributed by atoms with Gasteiger partial charge in [-0.3, -0.25) is 14.5 Å². The van der Waals surface area contributed by atoms with Crippen molar-refractivity contribution in [3.63, 3.8) is 0 Å². The number of aliphatic hydroxyl groups excluding tert-OH is 1. The summed E-state index contributed by atoms with van der Waals surface area (Å²) in [5.74, 6) is -1.61. The van der Waals surface area contributed by atoms with Crippen molar-refractivity contribution in [2.24, 2.45) is 0 Å². The summed E-state index contributed by atoms with van der Waals surface area (Å²) in [6.07, 6.45) is 0. The molecule has 0 bridgehead atoms. The van der Waals surface area contributed by atoms with Gasteiger partial charge in [-0.05, 0) is 35.7 Å². The minimum Gasteiger partial charge on any atom is -0.507 e. The number of halogens is 1. The molecule has 4 rings (SSSR count). The first-order chi connectivity index (χ1) is 13.1. The van der Waals surface area contributed by atoms with Crippen LogP contribution in [0, 0.1) is 0 Å². The molecule has 3 aromatic rings. The highest BCUT2D eigenvalue weighted by Crippen LogP contribution is 2.43. The van der Waals surface area contributed by atoms with Crippen LogP contribution in [0.1, 0.15) is 16.5 Å². The third-order valence-electron chi connectivity index (χ3n) is 4.39. The van der Waals surface area contributed by atoms with E-state index >= 15 is 0 Å². The second kappa shape index (κ2) is 7.02. The highest BCUT2D eigenvalue weighted by atomic mass is 35.5. The van der Waals surface area contributed by atoms with Crippen LogP contribution in [0.4, 0.5) is 5.69 Å². The van der Waals surface area contributed by atoms with Gasteiger partial charge in [0.05, 0.1) is 5.57 Å². The lowest BCUT2D eigenvalue weighted by atomic mass is 10.00. The number of benzene rings is 2. The van der Waals surface area contributed by atoms with Crippen molar-refractivity contribution in [1.29, 1.82) is 0 Å². The fourth-order valence-electron chi connectivity index (χ4n) is 3.19. The number of ketones is 1. The Labute approximate surface area is 164 Å². The van der Waals surface area contributed by atoms with Crippen LogP contribution in [0.15, 0.2) is 77.7 Å². The van der Waals surface area contributed by atoms with Crippen molar-refractivity contribution in [2.75, 3.05) is 4.90 Å². The molecule has 27 heavy (non-hydrogen) atoms. The first-order valence-corrected chi connectivity index (χ1v) is 9.49. The van der Waals surface area contributed by atoms with Crippen LogP contribution in [0.5, 0.6) is 0 Å². The zero-order valence-corrected chi connectivity index (χ0v) is 15.6. The number of Topliss-reactive ketones (excluding diaryl/α,β-unsaturated/α-hetero) is 1. The normalized spacial score (nSPS) is 18.9. The van der Waals surface area contributed by atoms with E-state index in [2.05, 4.69) is 0 Å². The lowest BCUT2D eigenvalue weighted by molar-refractivity contribution is -0.132. The number of carbonyl (C=O) groups is 2. The molecule has 1 N–H and O–H groups in total. The molecule has 0 saturated carbocycles. The van der Waals surface area contributed by atoms with E-state index in [1.807, 2.05) is 23.6 Å². The molecule has 2 aromatic carbocycles. The van der Waals surface area contributed by atoms with Crippen molar-refractivity contribution < 1.29 is 14.7 Å². The number of amides is 1. The van der Waals surface area contributed by atoms with Gasteiger partial charge < -0.3 is 5.11 Å². The fourth-order valence-corrected chi connectivity index (χ4v) is 4.21. The van der Waals surface area contributed by atoms with E-state index in [-0.39, 0.29) is 11.3 Å². The Morgan fingerprint density at radius 1 is 1.00 bits per heavy atom. The maximum atomic E-state index is 12.9. The molecular formula is C21H14ClNO3S. The summed E-state index contributed by atoms with van der Waals surface area (Å²) >= 11 is 7.45. The second-order valence-corrected chi connectivity index (χ2v) is 7.45. The number of hydrogen-bond acceptors (Lipinski definition) is 4. The molecule has 0 aliphatic carbocycles. The van der Waals surface area contributed by atoms with E-state index in [4.69, 9.17) is 11.6 Å². The average molecular weight is 396 g/mol. The molecule has 4 nitrogen and oxygen atoms in total. The highest BCUT2D eigenvalue weighted by molar-refractivity contribution is 7.10. The topological polar surface area (TPSA) is 57.6 Å². The molecule has 1 atom stereocenters. The van der Waals surface area contributed by atoms with E-state index in [0.29, 0.717) is 16.3 Å². The molecule has 0 spiro atoms. The van der Waals surface area contributed by atoms with Crippen molar-refractivity contribution in [3.05, 3.63) is 93.1 Å². The van der Waals surface area contributed by atoms with E-state index in [1.165, 1.54) is 16.2 Å². The number of hydrogen-bond donors (Lipinski definition) is 1. The van der Waals surface area contributed by atoms with Gasteiger partial charge in [0.1, 0.15) is 11.8 Å². The van der Waals surface area contributed by atoms with E-state index in [9.17, 15) is 14.7 Å². The largest absolute Gasteiger partial charge is 0.507 e. The third-order valence-corrected chi connectivity index (χ3v) is 5.55. The Morgan fingerprint density at radius 2 is 1.78 bits per heavy atom. The SMILES string of the molecule is O=C1C(=O)N(c2ccccc2)C(c2cccs2)/C1=C(/O)c1cccc(Cl)c1. The molecule has 1 aliphatic heterocycles. The Morgan fingerprint density at radius 3 is 2.44 bits per heavy atom. The number of rotatable bonds is 3. The highest BCUT2D eigenvalue weighted by Gasteiger charge is 2.47. The van der Waals surface area contributed by atoms with Crippen molar-refractivity contribution in [3.8, 4) is 0 Å². The van der Waals surface area contributed by atoms with Crippen LogP contribution < -0.4 is 4.90 Å². The Hall–Kier alpha value is -2.89. The number of aliphatic hydroxyl groups is 1. The maximum absolute atomic E-state index is 12.9. The molecule has 1 unspecified atom stereocenters. The van der Waals surface area contributed by atoms with Gasteiger partial charge in [0.15, 0.2) is 0 Å². The van der Waals surface area contributed by atoms with Crippen molar-refractivity contribution in [1.82, 2.24) is 0 Å². The zero-order valence-electron chi connectivity index (χ0n) is 14.0. The van der Waals surface area contributed by atoms with E-state index < -0.39 is 17.7 Å². The van der Waals surface area contributed by atoms with Gasteiger partial charge in [-0.2, -0.15) is 0 Å². The maximum Gasteiger partial charge on any atom is 0.300 e. The van der Waals surface area contributed by atoms with Gasteiger partial charge in [0.25, 0.3) is 11.7 Å². The molecule has 0 radical (unpaired) electrons. The standard InChI is InChI=1S/C21H14ClNO3S/c22-14-7-4-6-13(12-14)19(24)17-18(16-10-5-11-27-16)23(21(26)20(17)25)15-8-2-1-3-9-15/h1-12,18,24H/b19-17-. The predicted octanol–water partition coefficient (Wildman–Crippen LogP) is 5.03. The smallest absolute Gasteiger partial charge is 0.300 e. The van der Waals surface area contributed by atoms with Gasteiger partial charge in [0.2, 0.25) is 0 Å². The summed E-state index contributed by atoms with van der Waals surface area (Å²) in [6, 6.07) is 18.6. The van der Waals surface area contributed by atoms with Gasteiger partial charge in [0, 0.05) is 21.2 Å². The van der Waals surface area contributed by atoms with Gasteiger partial charge in [-0.25, -0.2) is 0 Å². The molecule has 1 aromatic heterocycles.